The Hall–Kier alpha value is -3.07. The molecule has 0 unspecified atom stereocenters. The highest BCUT2D eigenvalue weighted by Gasteiger charge is 2.28. The number of amides is 2. The molecule has 40 heavy (non-hydrogen) atoms. The molecule has 14 heteroatoms. The highest BCUT2D eigenvalue weighted by Crippen LogP contribution is 2.38. The van der Waals surface area contributed by atoms with Gasteiger partial charge in [-0.2, -0.15) is 4.99 Å². The van der Waals surface area contributed by atoms with E-state index < -0.39 is 39.1 Å². The molecule has 2 amide bonds. The number of aryl methyl sites for hydroxylation is 1. The lowest BCUT2D eigenvalue weighted by atomic mass is 9.95. The van der Waals surface area contributed by atoms with Crippen LogP contribution in [0.15, 0.2) is 23.2 Å². The number of anilines is 1. The fraction of sp³-hybridized carbons (Fsp3) is 0.462. The Morgan fingerprint density at radius 2 is 1.88 bits per heavy atom. The van der Waals surface area contributed by atoms with Crippen molar-refractivity contribution in [3.8, 4) is 5.75 Å². The van der Waals surface area contributed by atoms with E-state index in [9.17, 15) is 22.8 Å². The molecule has 11 nitrogen and oxygen atoms in total. The van der Waals surface area contributed by atoms with Crippen molar-refractivity contribution in [1.29, 1.82) is 0 Å². The minimum Gasteiger partial charge on any atom is -0.494 e. The predicted molar refractivity (Wildman–Crippen MR) is 153 cm³/mol. The number of ether oxygens (including phenoxy) is 3. The van der Waals surface area contributed by atoms with Crippen LogP contribution in [-0.4, -0.2) is 69.7 Å². The van der Waals surface area contributed by atoms with Gasteiger partial charge in [-0.05, 0) is 56.4 Å². The van der Waals surface area contributed by atoms with E-state index in [4.69, 9.17) is 14.2 Å². The van der Waals surface area contributed by atoms with Gasteiger partial charge in [0.25, 0.3) is 5.91 Å². The summed E-state index contributed by atoms with van der Waals surface area (Å²) in [7, 11) is -1.34. The van der Waals surface area contributed by atoms with Gasteiger partial charge in [0.1, 0.15) is 22.3 Å². The number of benzene rings is 1. The summed E-state index contributed by atoms with van der Waals surface area (Å²) in [6.45, 7) is 3.14. The summed E-state index contributed by atoms with van der Waals surface area (Å²) < 4.78 is 43.8. The first-order valence-electron chi connectivity index (χ1n) is 12.7. The van der Waals surface area contributed by atoms with E-state index in [1.165, 1.54) is 29.8 Å². The molecular weight excluding hydrogens is 579 g/mol. The molecule has 0 saturated carbocycles. The molecule has 216 valence electrons. The fourth-order valence-electron chi connectivity index (χ4n) is 4.51. The summed E-state index contributed by atoms with van der Waals surface area (Å²) in [5.74, 6) is -3.50. The number of methoxy groups -OCH3 is 2. The van der Waals surface area contributed by atoms with Crippen molar-refractivity contribution in [3.05, 3.63) is 39.0 Å². The lowest BCUT2D eigenvalue weighted by Gasteiger charge is -2.11. The normalized spacial score (nSPS) is 13.7. The van der Waals surface area contributed by atoms with Crippen LogP contribution in [0.2, 0.25) is 0 Å². The first-order chi connectivity index (χ1) is 19.2. The smallest absolute Gasteiger partial charge is 0.341 e. The first kappa shape index (κ1) is 29.9. The zero-order valence-electron chi connectivity index (χ0n) is 22.5. The average Bonchev–Trinajstić information content (AvgIpc) is 3.42. The molecular formula is C26H31N3O8S3. The third-order valence-corrected chi connectivity index (χ3v) is 9.85. The number of esters is 1. The molecule has 0 saturated heterocycles. The molecule has 2 aromatic heterocycles. The van der Waals surface area contributed by atoms with Crippen molar-refractivity contribution in [2.24, 2.45) is 4.99 Å². The van der Waals surface area contributed by atoms with Crippen molar-refractivity contribution >= 4 is 65.5 Å². The summed E-state index contributed by atoms with van der Waals surface area (Å²) >= 11 is 2.48. The molecule has 0 bridgehead atoms. The van der Waals surface area contributed by atoms with Crippen LogP contribution in [0.4, 0.5) is 5.00 Å². The van der Waals surface area contributed by atoms with Crippen LogP contribution in [0.3, 0.4) is 0 Å². The maximum Gasteiger partial charge on any atom is 0.341 e. The average molecular weight is 610 g/mol. The molecule has 4 rings (SSSR count). The van der Waals surface area contributed by atoms with Gasteiger partial charge in [0.2, 0.25) is 5.91 Å². The van der Waals surface area contributed by atoms with Gasteiger partial charge in [-0.1, -0.05) is 11.3 Å². The second kappa shape index (κ2) is 13.1. The SMILES string of the molecule is CCOc1ccc2c(c1)sc(=NC(=O)CS(=O)(=O)CC(=O)Nc1sc3c(c1C(=O)OC)CCCC3)n2CCOC. The Morgan fingerprint density at radius 3 is 2.60 bits per heavy atom. The van der Waals surface area contributed by atoms with E-state index in [0.717, 1.165) is 39.9 Å². The molecule has 0 radical (unpaired) electrons. The third kappa shape index (κ3) is 6.97. The number of thiophene rings is 1. The van der Waals surface area contributed by atoms with Crippen molar-refractivity contribution in [3.63, 3.8) is 0 Å². The second-order valence-corrected chi connectivity index (χ2v) is 13.3. The Labute approximate surface area is 239 Å². The van der Waals surface area contributed by atoms with Gasteiger partial charge < -0.3 is 24.1 Å². The summed E-state index contributed by atoms with van der Waals surface area (Å²) in [6.07, 6.45) is 3.36. The number of thiazole rings is 1. The monoisotopic (exact) mass is 609 g/mol. The summed E-state index contributed by atoms with van der Waals surface area (Å²) in [6, 6.07) is 5.50. The number of carbonyl (C=O) groups excluding carboxylic acids is 3. The lowest BCUT2D eigenvalue weighted by molar-refractivity contribution is -0.115. The largest absolute Gasteiger partial charge is 0.494 e. The van der Waals surface area contributed by atoms with Gasteiger partial charge in [-0.25, -0.2) is 13.2 Å². The van der Waals surface area contributed by atoms with E-state index in [-0.39, 0.29) is 10.6 Å². The summed E-state index contributed by atoms with van der Waals surface area (Å²) in [5.41, 5.74) is 1.92. The molecule has 3 aromatic rings. The number of carbonyl (C=O) groups is 3. The quantitative estimate of drug-likeness (QED) is 0.327. The number of aromatic nitrogens is 1. The first-order valence-corrected chi connectivity index (χ1v) is 16.2. The van der Waals surface area contributed by atoms with Crippen LogP contribution in [0, 0.1) is 0 Å². The van der Waals surface area contributed by atoms with Crippen LogP contribution in [0.5, 0.6) is 5.75 Å². The van der Waals surface area contributed by atoms with Gasteiger partial charge in [0.15, 0.2) is 14.6 Å². The molecule has 0 atom stereocenters. The van der Waals surface area contributed by atoms with Gasteiger partial charge in [0, 0.05) is 18.5 Å². The number of nitrogens with one attached hydrogen (secondary N) is 1. The maximum absolute atomic E-state index is 12.8. The van der Waals surface area contributed by atoms with E-state index in [0.29, 0.717) is 36.7 Å². The zero-order valence-corrected chi connectivity index (χ0v) is 24.9. The highest BCUT2D eigenvalue weighted by atomic mass is 32.2. The molecule has 1 aliphatic carbocycles. The fourth-order valence-corrected chi connectivity index (χ4v) is 7.92. The van der Waals surface area contributed by atoms with Crippen molar-refractivity contribution in [1.82, 2.24) is 4.57 Å². The van der Waals surface area contributed by atoms with Crippen LogP contribution >= 0.6 is 22.7 Å². The molecule has 1 aliphatic rings. The lowest BCUT2D eigenvalue weighted by Crippen LogP contribution is -2.28. The standard InChI is InChI=1S/C26H31N3O8S3/c1-4-37-16-9-10-18-20(13-16)39-26(29(18)11-12-35-2)28-22(31)15-40(33,34)14-21(30)27-24-23(25(32)36-3)17-7-5-6-8-19(17)38-24/h9-10,13H,4-8,11-12,14-15H2,1-3H3,(H,27,30). The van der Waals surface area contributed by atoms with E-state index >= 15 is 0 Å². The number of hydrogen-bond acceptors (Lipinski definition) is 10. The molecule has 1 N–H and O–H groups in total. The topological polar surface area (TPSA) is 142 Å². The Kier molecular flexibility index (Phi) is 9.77. The number of sulfone groups is 1. The number of rotatable bonds is 11. The van der Waals surface area contributed by atoms with Crippen LogP contribution < -0.4 is 14.9 Å². The van der Waals surface area contributed by atoms with Gasteiger partial charge in [-0.3, -0.25) is 9.59 Å². The van der Waals surface area contributed by atoms with Crippen LogP contribution in [0.25, 0.3) is 10.2 Å². The third-order valence-electron chi connectivity index (χ3n) is 6.21. The Morgan fingerprint density at radius 1 is 1.10 bits per heavy atom. The maximum atomic E-state index is 12.8. The number of nitrogens with zero attached hydrogens (tertiary/aromatic N) is 2. The molecule has 0 fully saturated rings. The van der Waals surface area contributed by atoms with E-state index in [2.05, 4.69) is 10.3 Å². The van der Waals surface area contributed by atoms with Gasteiger partial charge in [0.05, 0.1) is 36.1 Å². The molecule has 0 aliphatic heterocycles. The van der Waals surface area contributed by atoms with Gasteiger partial charge in [-0.15, -0.1) is 11.3 Å². The highest BCUT2D eigenvalue weighted by molar-refractivity contribution is 7.92. The van der Waals surface area contributed by atoms with E-state index in [1.54, 1.807) is 11.7 Å². The van der Waals surface area contributed by atoms with Crippen LogP contribution in [0.1, 0.15) is 40.6 Å². The molecule has 0 spiro atoms. The van der Waals surface area contributed by atoms with Crippen molar-refractivity contribution in [2.75, 3.05) is 44.3 Å². The van der Waals surface area contributed by atoms with Crippen LogP contribution in [-0.2, 0) is 48.3 Å². The summed E-state index contributed by atoms with van der Waals surface area (Å²) in [5, 5.41) is 2.83. The number of hydrogen-bond donors (Lipinski definition) is 1. The zero-order chi connectivity index (χ0) is 28.9. The Bertz CT molecular complexity index is 1600. The molecule has 1 aromatic carbocycles. The minimum absolute atomic E-state index is 0.269. The summed E-state index contributed by atoms with van der Waals surface area (Å²) in [4.78, 5) is 43.2. The number of fused-ring (bicyclic) bond motifs is 2. The minimum atomic E-state index is -4.15. The van der Waals surface area contributed by atoms with Crippen molar-refractivity contribution in [2.45, 2.75) is 39.2 Å². The molecule has 2 heterocycles. The Balaban J connectivity index is 1.51. The predicted octanol–water partition coefficient (Wildman–Crippen LogP) is 2.96. The van der Waals surface area contributed by atoms with E-state index in [1.807, 2.05) is 25.1 Å². The van der Waals surface area contributed by atoms with Gasteiger partial charge >= 0.3 is 5.97 Å². The van der Waals surface area contributed by atoms with Crippen molar-refractivity contribution < 1.29 is 37.0 Å². The second-order valence-electron chi connectivity index (χ2n) is 9.08.